The third-order valence-corrected chi connectivity index (χ3v) is 6.29. The molecular weight excluding hydrogens is 414 g/mol. The number of rotatable bonds is 5. The molecule has 2 aromatic heterocycles. The van der Waals surface area contributed by atoms with E-state index in [9.17, 15) is 13.7 Å². The summed E-state index contributed by atoms with van der Waals surface area (Å²) in [5, 5.41) is 13.6. The molecule has 0 radical (unpaired) electrons. The minimum absolute atomic E-state index is 0.175. The summed E-state index contributed by atoms with van der Waals surface area (Å²) in [5.41, 5.74) is 2.08. The van der Waals surface area contributed by atoms with E-state index in [1.165, 1.54) is 6.20 Å². The van der Waals surface area contributed by atoms with Crippen LogP contribution in [0.25, 0.3) is 0 Å². The number of nitrogens with zero attached hydrogens (tertiary/aromatic N) is 4. The molecule has 0 saturated heterocycles. The predicted molar refractivity (Wildman–Crippen MR) is 118 cm³/mol. The lowest BCUT2D eigenvalue weighted by atomic mass is 10.1. The normalized spacial score (nSPS) is 11.8. The zero-order valence-corrected chi connectivity index (χ0v) is 19.2. The monoisotopic (exact) mass is 439 g/mol. The van der Waals surface area contributed by atoms with E-state index >= 15 is 0 Å². The van der Waals surface area contributed by atoms with Crippen LogP contribution < -0.4 is 9.46 Å². The Kier molecular flexibility index (Phi) is 5.79. The van der Waals surface area contributed by atoms with Gasteiger partial charge in [-0.2, -0.15) is 10.4 Å². The molecule has 0 aliphatic heterocycles. The molecule has 0 saturated carbocycles. The van der Waals surface area contributed by atoms with Crippen molar-refractivity contribution in [3.05, 3.63) is 59.0 Å². The molecule has 162 valence electrons. The van der Waals surface area contributed by atoms with Crippen LogP contribution in [0.5, 0.6) is 11.6 Å². The lowest BCUT2D eigenvalue weighted by molar-refractivity contribution is 0.345. The molecule has 2 heterocycles. The molecule has 9 heteroatoms. The Morgan fingerprint density at radius 2 is 1.87 bits per heavy atom. The first kappa shape index (κ1) is 22.3. The fourth-order valence-corrected chi connectivity index (χ4v) is 4.87. The van der Waals surface area contributed by atoms with Gasteiger partial charge in [0.1, 0.15) is 22.3 Å². The maximum Gasteiger partial charge on any atom is 0.265 e. The Balaban J connectivity index is 1.90. The largest absolute Gasteiger partial charge is 0.438 e. The van der Waals surface area contributed by atoms with Crippen LogP contribution in [0.4, 0.5) is 5.69 Å². The highest BCUT2D eigenvalue weighted by Gasteiger charge is 2.28. The number of aromatic nitrogens is 3. The SMILES string of the molecule is Cc1cc(Oc2ncccc2C#N)ccc1NS(=O)(=O)c1c(C)nn(C(C)(C)C)c1C. The summed E-state index contributed by atoms with van der Waals surface area (Å²) in [7, 11) is -3.85. The second kappa shape index (κ2) is 8.04. The van der Waals surface area contributed by atoms with Gasteiger partial charge in [0.15, 0.2) is 0 Å². The molecule has 0 unspecified atom stereocenters. The summed E-state index contributed by atoms with van der Waals surface area (Å²) in [5.74, 6) is 0.641. The number of anilines is 1. The molecule has 0 atom stereocenters. The topological polar surface area (TPSA) is 110 Å². The quantitative estimate of drug-likeness (QED) is 0.630. The molecule has 0 fully saturated rings. The Labute approximate surface area is 182 Å². The molecular formula is C22H25N5O3S. The third-order valence-electron chi connectivity index (χ3n) is 4.68. The first-order valence-corrected chi connectivity index (χ1v) is 11.2. The van der Waals surface area contributed by atoms with Gasteiger partial charge in [0.05, 0.1) is 22.6 Å². The van der Waals surface area contributed by atoms with Crippen LogP contribution in [0.1, 0.15) is 43.3 Å². The molecule has 0 aliphatic carbocycles. The number of pyridine rings is 1. The van der Waals surface area contributed by atoms with Crippen LogP contribution in [-0.4, -0.2) is 23.2 Å². The van der Waals surface area contributed by atoms with E-state index in [1.54, 1.807) is 55.8 Å². The number of sulfonamides is 1. The number of hydrogen-bond acceptors (Lipinski definition) is 6. The van der Waals surface area contributed by atoms with Gasteiger partial charge in [0.2, 0.25) is 5.88 Å². The Hall–Kier alpha value is -3.38. The molecule has 0 aliphatic rings. The van der Waals surface area contributed by atoms with Crippen molar-refractivity contribution in [2.45, 2.75) is 52.0 Å². The number of benzene rings is 1. The van der Waals surface area contributed by atoms with Gasteiger partial charge in [-0.25, -0.2) is 13.4 Å². The van der Waals surface area contributed by atoms with E-state index in [4.69, 9.17) is 4.74 Å². The Morgan fingerprint density at radius 3 is 2.45 bits per heavy atom. The van der Waals surface area contributed by atoms with E-state index < -0.39 is 10.0 Å². The minimum Gasteiger partial charge on any atom is -0.438 e. The maximum atomic E-state index is 13.2. The van der Waals surface area contributed by atoms with Gasteiger partial charge in [-0.3, -0.25) is 9.40 Å². The van der Waals surface area contributed by atoms with Crippen LogP contribution >= 0.6 is 0 Å². The highest BCUT2D eigenvalue weighted by Crippen LogP contribution is 2.30. The average Bonchev–Trinajstić information content (AvgIpc) is 2.99. The van der Waals surface area contributed by atoms with E-state index in [2.05, 4.69) is 14.8 Å². The molecule has 0 amide bonds. The summed E-state index contributed by atoms with van der Waals surface area (Å²) in [6, 6.07) is 10.2. The number of nitrogens with one attached hydrogen (secondary N) is 1. The van der Waals surface area contributed by atoms with Crippen molar-refractivity contribution in [3.63, 3.8) is 0 Å². The van der Waals surface area contributed by atoms with E-state index in [0.29, 0.717) is 34.0 Å². The van der Waals surface area contributed by atoms with E-state index in [1.807, 2.05) is 26.8 Å². The fraction of sp³-hybridized carbons (Fsp3) is 0.318. The summed E-state index contributed by atoms with van der Waals surface area (Å²) in [6.45, 7) is 11.1. The third kappa shape index (κ3) is 4.54. The minimum atomic E-state index is -3.85. The zero-order valence-electron chi connectivity index (χ0n) is 18.4. The average molecular weight is 440 g/mol. The van der Waals surface area contributed by atoms with Crippen LogP contribution in [0.3, 0.4) is 0 Å². The van der Waals surface area contributed by atoms with E-state index in [0.717, 1.165) is 0 Å². The number of nitriles is 1. The molecule has 3 aromatic rings. The Bertz CT molecular complexity index is 1280. The van der Waals surface area contributed by atoms with E-state index in [-0.39, 0.29) is 16.3 Å². The van der Waals surface area contributed by atoms with Gasteiger partial charge in [0, 0.05) is 6.20 Å². The van der Waals surface area contributed by atoms with Gasteiger partial charge in [-0.05, 0) is 77.4 Å². The van der Waals surface area contributed by atoms with Crippen molar-refractivity contribution in [2.24, 2.45) is 0 Å². The molecule has 1 aromatic carbocycles. The van der Waals surface area contributed by atoms with Crippen molar-refractivity contribution in [3.8, 4) is 17.7 Å². The molecule has 31 heavy (non-hydrogen) atoms. The van der Waals surface area contributed by atoms with Crippen molar-refractivity contribution < 1.29 is 13.2 Å². The van der Waals surface area contributed by atoms with Gasteiger partial charge in [-0.15, -0.1) is 0 Å². The van der Waals surface area contributed by atoms with Crippen molar-refractivity contribution >= 4 is 15.7 Å². The number of hydrogen-bond donors (Lipinski definition) is 1. The maximum absolute atomic E-state index is 13.2. The molecule has 0 bridgehead atoms. The molecule has 3 rings (SSSR count). The van der Waals surface area contributed by atoms with Gasteiger partial charge < -0.3 is 4.74 Å². The molecule has 0 spiro atoms. The highest BCUT2D eigenvalue weighted by molar-refractivity contribution is 7.92. The van der Waals surface area contributed by atoms with Crippen molar-refractivity contribution in [1.29, 1.82) is 5.26 Å². The number of ether oxygens (including phenoxy) is 1. The van der Waals surface area contributed by atoms with Crippen LogP contribution in [0, 0.1) is 32.1 Å². The van der Waals surface area contributed by atoms with Crippen molar-refractivity contribution in [2.75, 3.05) is 4.72 Å². The fourth-order valence-electron chi connectivity index (χ4n) is 3.35. The summed E-state index contributed by atoms with van der Waals surface area (Å²) in [6.07, 6.45) is 1.54. The lowest BCUT2D eigenvalue weighted by Gasteiger charge is -2.21. The van der Waals surface area contributed by atoms with Crippen molar-refractivity contribution in [1.82, 2.24) is 14.8 Å². The Morgan fingerprint density at radius 1 is 1.16 bits per heavy atom. The second-order valence-corrected chi connectivity index (χ2v) is 9.85. The standard InChI is InChI=1S/C22H25N5O3S/c1-14-12-18(30-21-17(13-23)8-7-11-24-21)9-10-19(14)26-31(28,29)20-15(2)25-27(16(20)3)22(4,5)6/h7-12,26H,1-6H3. The van der Waals surface area contributed by atoms with Crippen LogP contribution in [0.15, 0.2) is 41.4 Å². The summed E-state index contributed by atoms with van der Waals surface area (Å²) in [4.78, 5) is 4.25. The lowest BCUT2D eigenvalue weighted by Crippen LogP contribution is -2.25. The first-order valence-electron chi connectivity index (χ1n) is 9.67. The second-order valence-electron chi connectivity index (χ2n) is 8.23. The summed E-state index contributed by atoms with van der Waals surface area (Å²) < 4.78 is 36.4. The smallest absolute Gasteiger partial charge is 0.265 e. The molecule has 8 nitrogen and oxygen atoms in total. The first-order chi connectivity index (χ1) is 14.4. The molecule has 1 N–H and O–H groups in total. The zero-order chi connectivity index (χ0) is 23.0. The highest BCUT2D eigenvalue weighted by atomic mass is 32.2. The van der Waals surface area contributed by atoms with Crippen LogP contribution in [-0.2, 0) is 15.6 Å². The van der Waals surface area contributed by atoms with Gasteiger partial charge >= 0.3 is 0 Å². The van der Waals surface area contributed by atoms with Gasteiger partial charge in [0.25, 0.3) is 10.0 Å². The predicted octanol–water partition coefficient (Wildman–Crippen LogP) is 4.42. The van der Waals surface area contributed by atoms with Gasteiger partial charge in [-0.1, -0.05) is 0 Å². The number of aryl methyl sites for hydroxylation is 2. The summed E-state index contributed by atoms with van der Waals surface area (Å²) >= 11 is 0. The van der Waals surface area contributed by atoms with Crippen LogP contribution in [0.2, 0.25) is 0 Å².